The molecule has 1 fully saturated rings. The molecule has 1 aromatic heterocycles. The summed E-state index contributed by atoms with van der Waals surface area (Å²) in [5, 5.41) is 16.3. The van der Waals surface area contributed by atoms with Gasteiger partial charge in [0.15, 0.2) is 0 Å². The zero-order chi connectivity index (χ0) is 18.8. The highest BCUT2D eigenvalue weighted by Gasteiger charge is 2.27. The fourth-order valence-corrected chi connectivity index (χ4v) is 2.90. The van der Waals surface area contributed by atoms with Crippen LogP contribution < -0.4 is 10.6 Å². The SMILES string of the molecule is Cn1cc(N2CCN(CC(=O)O)C(=O)C2)nc1-c1ccc(C(=N)N)cc1. The third-order valence-electron chi connectivity index (χ3n) is 4.29. The molecule has 1 aliphatic heterocycles. The number of piperazine rings is 1. The first-order valence-corrected chi connectivity index (χ1v) is 8.08. The summed E-state index contributed by atoms with van der Waals surface area (Å²) in [5.41, 5.74) is 6.99. The molecule has 1 saturated heterocycles. The number of nitrogens with one attached hydrogen (secondary N) is 1. The maximum Gasteiger partial charge on any atom is 0.323 e. The summed E-state index contributed by atoms with van der Waals surface area (Å²) >= 11 is 0. The van der Waals surface area contributed by atoms with Crippen LogP contribution >= 0.6 is 0 Å². The van der Waals surface area contributed by atoms with Crippen molar-refractivity contribution in [3.63, 3.8) is 0 Å². The fourth-order valence-electron chi connectivity index (χ4n) is 2.90. The highest BCUT2D eigenvalue weighted by atomic mass is 16.4. The number of amides is 1. The largest absolute Gasteiger partial charge is 0.480 e. The van der Waals surface area contributed by atoms with E-state index in [0.717, 1.165) is 11.4 Å². The molecule has 4 N–H and O–H groups in total. The number of hydrogen-bond acceptors (Lipinski definition) is 5. The van der Waals surface area contributed by atoms with Gasteiger partial charge in [-0.05, 0) is 0 Å². The van der Waals surface area contributed by atoms with Crippen LogP contribution in [-0.2, 0) is 16.6 Å². The number of amidine groups is 1. The van der Waals surface area contributed by atoms with Crippen molar-refractivity contribution in [1.29, 1.82) is 5.41 Å². The molecule has 9 nitrogen and oxygen atoms in total. The number of nitrogens with two attached hydrogens (primary N) is 1. The standard InChI is InChI=1S/C17H20N6O3/c1-21-8-13(22-6-7-23(10-15(25)26)14(24)9-22)20-17(21)12-4-2-11(3-5-12)16(18)19/h2-5,8H,6-7,9-10H2,1H3,(H3,18,19)(H,25,26). The van der Waals surface area contributed by atoms with Gasteiger partial charge in [0.05, 0.1) is 6.54 Å². The molecule has 0 spiro atoms. The van der Waals surface area contributed by atoms with Gasteiger partial charge in [-0.25, -0.2) is 4.98 Å². The Labute approximate surface area is 150 Å². The van der Waals surface area contributed by atoms with Gasteiger partial charge in [-0.2, -0.15) is 0 Å². The average Bonchev–Trinajstić information content (AvgIpc) is 2.98. The van der Waals surface area contributed by atoms with Gasteiger partial charge in [0.25, 0.3) is 0 Å². The molecule has 3 rings (SSSR count). The molecule has 0 aliphatic carbocycles. The number of carbonyl (C=O) groups excluding carboxylic acids is 1. The molecule has 26 heavy (non-hydrogen) atoms. The zero-order valence-corrected chi connectivity index (χ0v) is 14.3. The van der Waals surface area contributed by atoms with E-state index in [0.29, 0.717) is 24.5 Å². The lowest BCUT2D eigenvalue weighted by Crippen LogP contribution is -2.52. The van der Waals surface area contributed by atoms with E-state index in [1.165, 1.54) is 4.90 Å². The molecule has 2 aromatic rings. The number of benzene rings is 1. The van der Waals surface area contributed by atoms with Gasteiger partial charge < -0.3 is 25.2 Å². The van der Waals surface area contributed by atoms with Gasteiger partial charge in [0, 0.05) is 37.5 Å². The molecular weight excluding hydrogens is 336 g/mol. The fraction of sp³-hybridized carbons (Fsp3) is 0.294. The van der Waals surface area contributed by atoms with Gasteiger partial charge in [-0.1, -0.05) is 24.3 Å². The highest BCUT2D eigenvalue weighted by molar-refractivity contribution is 5.95. The molecule has 1 amide bonds. The van der Waals surface area contributed by atoms with E-state index in [1.54, 1.807) is 12.1 Å². The number of hydrogen-bond donors (Lipinski definition) is 3. The monoisotopic (exact) mass is 356 g/mol. The number of carboxylic acids is 1. The summed E-state index contributed by atoms with van der Waals surface area (Å²) in [6.45, 7) is 0.707. The molecule has 1 aromatic carbocycles. The van der Waals surface area contributed by atoms with Crippen LogP contribution in [0, 0.1) is 5.41 Å². The predicted molar refractivity (Wildman–Crippen MR) is 96.1 cm³/mol. The third-order valence-corrected chi connectivity index (χ3v) is 4.29. The number of carbonyl (C=O) groups is 2. The Morgan fingerprint density at radius 1 is 1.31 bits per heavy atom. The van der Waals surface area contributed by atoms with E-state index in [4.69, 9.17) is 16.2 Å². The van der Waals surface area contributed by atoms with E-state index < -0.39 is 5.97 Å². The Morgan fingerprint density at radius 2 is 2.00 bits per heavy atom. The number of rotatable bonds is 5. The van der Waals surface area contributed by atoms with E-state index >= 15 is 0 Å². The van der Waals surface area contributed by atoms with Crippen LogP contribution in [0.4, 0.5) is 5.82 Å². The minimum atomic E-state index is -1.01. The maximum absolute atomic E-state index is 12.1. The second-order valence-electron chi connectivity index (χ2n) is 6.16. The zero-order valence-electron chi connectivity index (χ0n) is 14.3. The predicted octanol–water partition coefficient (Wildman–Crippen LogP) is 0.104. The summed E-state index contributed by atoms with van der Waals surface area (Å²) < 4.78 is 1.87. The molecule has 136 valence electrons. The number of carboxylic acid groups (broad SMARTS) is 1. The second kappa shape index (κ2) is 6.87. The van der Waals surface area contributed by atoms with Gasteiger partial charge in [0.2, 0.25) is 5.91 Å². The summed E-state index contributed by atoms with van der Waals surface area (Å²) in [7, 11) is 1.87. The Kier molecular flexibility index (Phi) is 4.61. The first-order chi connectivity index (χ1) is 12.3. The molecule has 0 saturated carbocycles. The molecule has 2 heterocycles. The van der Waals surface area contributed by atoms with Crippen LogP contribution in [0.25, 0.3) is 11.4 Å². The number of imidazole rings is 1. The van der Waals surface area contributed by atoms with E-state index in [2.05, 4.69) is 4.98 Å². The van der Waals surface area contributed by atoms with Crippen LogP contribution in [0.5, 0.6) is 0 Å². The lowest BCUT2D eigenvalue weighted by atomic mass is 10.1. The number of aliphatic carboxylic acids is 1. The minimum Gasteiger partial charge on any atom is -0.480 e. The van der Waals surface area contributed by atoms with Gasteiger partial charge in [0.1, 0.15) is 24.0 Å². The van der Waals surface area contributed by atoms with Crippen LogP contribution in [-0.4, -0.2) is 63.4 Å². The van der Waals surface area contributed by atoms with Crippen molar-refractivity contribution in [2.75, 3.05) is 31.1 Å². The minimum absolute atomic E-state index is 0.00910. The van der Waals surface area contributed by atoms with Crippen molar-refractivity contribution < 1.29 is 14.7 Å². The summed E-state index contributed by atoms with van der Waals surface area (Å²) in [6, 6.07) is 7.22. The maximum atomic E-state index is 12.1. The van der Waals surface area contributed by atoms with Crippen molar-refractivity contribution in [3.8, 4) is 11.4 Å². The average molecular weight is 356 g/mol. The topological polar surface area (TPSA) is 129 Å². The third kappa shape index (κ3) is 3.51. The van der Waals surface area contributed by atoms with Gasteiger partial charge >= 0.3 is 5.97 Å². The Morgan fingerprint density at radius 3 is 2.58 bits per heavy atom. The molecule has 9 heteroatoms. The first kappa shape index (κ1) is 17.5. The van der Waals surface area contributed by atoms with E-state index in [-0.39, 0.29) is 24.8 Å². The van der Waals surface area contributed by atoms with Crippen molar-refractivity contribution >= 4 is 23.5 Å². The first-order valence-electron chi connectivity index (χ1n) is 8.08. The van der Waals surface area contributed by atoms with Crippen LogP contribution in [0.2, 0.25) is 0 Å². The number of nitrogens with zero attached hydrogens (tertiary/aromatic N) is 4. The van der Waals surface area contributed by atoms with Gasteiger partial charge in [-0.3, -0.25) is 15.0 Å². The molecule has 0 unspecified atom stereocenters. The number of nitrogen functional groups attached to an aromatic ring is 1. The molecule has 0 bridgehead atoms. The lowest BCUT2D eigenvalue weighted by Gasteiger charge is -2.33. The van der Waals surface area contributed by atoms with Crippen molar-refractivity contribution in [2.45, 2.75) is 0 Å². The Hall–Kier alpha value is -3.36. The molecule has 0 atom stereocenters. The highest BCUT2D eigenvalue weighted by Crippen LogP contribution is 2.23. The normalized spacial score (nSPS) is 14.6. The van der Waals surface area contributed by atoms with Crippen molar-refractivity contribution in [1.82, 2.24) is 14.5 Å². The summed E-state index contributed by atoms with van der Waals surface area (Å²) in [4.78, 5) is 30.7. The van der Waals surface area contributed by atoms with Crippen LogP contribution in [0.1, 0.15) is 5.56 Å². The Balaban J connectivity index is 1.77. The van der Waals surface area contributed by atoms with Crippen LogP contribution in [0.3, 0.4) is 0 Å². The lowest BCUT2D eigenvalue weighted by molar-refractivity contribution is -0.144. The number of anilines is 1. The van der Waals surface area contributed by atoms with E-state index in [9.17, 15) is 9.59 Å². The number of aromatic nitrogens is 2. The van der Waals surface area contributed by atoms with E-state index in [1.807, 2.05) is 34.8 Å². The van der Waals surface area contributed by atoms with Crippen molar-refractivity contribution in [3.05, 3.63) is 36.0 Å². The smallest absolute Gasteiger partial charge is 0.323 e. The number of aryl methyl sites for hydroxylation is 1. The summed E-state index contributed by atoms with van der Waals surface area (Å²) in [6.07, 6.45) is 1.84. The quantitative estimate of drug-likeness (QED) is 0.515. The van der Waals surface area contributed by atoms with Crippen molar-refractivity contribution in [2.24, 2.45) is 12.8 Å². The molecule has 1 aliphatic rings. The van der Waals surface area contributed by atoms with Crippen LogP contribution in [0.15, 0.2) is 30.5 Å². The molecular formula is C17H20N6O3. The second-order valence-corrected chi connectivity index (χ2v) is 6.16. The Bertz CT molecular complexity index is 858. The summed E-state index contributed by atoms with van der Waals surface area (Å²) in [5.74, 6) is 0.171. The van der Waals surface area contributed by atoms with Gasteiger partial charge in [-0.15, -0.1) is 0 Å². The molecule has 0 radical (unpaired) electrons.